The van der Waals surface area contributed by atoms with E-state index in [0.29, 0.717) is 6.61 Å². The van der Waals surface area contributed by atoms with Crippen LogP contribution >= 0.6 is 0 Å². The minimum absolute atomic E-state index is 0.704. The number of rotatable bonds is 7. The molecule has 0 unspecified atom stereocenters. The van der Waals surface area contributed by atoms with E-state index in [9.17, 15) is 0 Å². The fraction of sp³-hybridized carbons (Fsp3) is 0.421. The highest BCUT2D eigenvalue weighted by atomic mass is 16.5. The number of para-hydroxylation sites is 2. The lowest BCUT2D eigenvalue weighted by Crippen LogP contribution is -2.30. The standard InChI is InChI=1S/C19H25N3O2/c1-21-15-17(14-20-21)16-8-11-22(12-9-16)10-5-13-24-19-7-4-3-6-18(19)23-2/h3-4,6-8,14-15H,5,9-13H2,1-2H3. The molecular formula is C19H25N3O2. The predicted molar refractivity (Wildman–Crippen MR) is 95.3 cm³/mol. The zero-order chi connectivity index (χ0) is 16.8. The minimum Gasteiger partial charge on any atom is -0.493 e. The van der Waals surface area contributed by atoms with E-state index in [-0.39, 0.29) is 0 Å². The molecule has 0 radical (unpaired) electrons. The Kier molecular flexibility index (Phi) is 5.54. The summed E-state index contributed by atoms with van der Waals surface area (Å²) in [6.45, 7) is 3.84. The molecule has 128 valence electrons. The fourth-order valence-electron chi connectivity index (χ4n) is 2.97. The van der Waals surface area contributed by atoms with Gasteiger partial charge in [0.1, 0.15) is 0 Å². The lowest BCUT2D eigenvalue weighted by Gasteiger charge is -2.26. The lowest BCUT2D eigenvalue weighted by atomic mass is 10.0. The summed E-state index contributed by atoms with van der Waals surface area (Å²) in [6, 6.07) is 7.78. The Balaban J connectivity index is 1.41. The molecule has 1 aliphatic heterocycles. The quantitative estimate of drug-likeness (QED) is 0.733. The van der Waals surface area contributed by atoms with Gasteiger partial charge in [-0.15, -0.1) is 0 Å². The smallest absolute Gasteiger partial charge is 0.161 e. The van der Waals surface area contributed by atoms with Crippen molar-refractivity contribution < 1.29 is 9.47 Å². The number of ether oxygens (including phenoxy) is 2. The van der Waals surface area contributed by atoms with Crippen molar-refractivity contribution in [3.8, 4) is 11.5 Å². The number of hydrogen-bond donors (Lipinski definition) is 0. The maximum absolute atomic E-state index is 5.83. The van der Waals surface area contributed by atoms with Crippen molar-refractivity contribution in [2.24, 2.45) is 7.05 Å². The van der Waals surface area contributed by atoms with E-state index < -0.39 is 0 Å². The molecule has 24 heavy (non-hydrogen) atoms. The zero-order valence-corrected chi connectivity index (χ0v) is 14.4. The Morgan fingerprint density at radius 3 is 2.71 bits per heavy atom. The number of nitrogens with zero attached hydrogens (tertiary/aromatic N) is 3. The van der Waals surface area contributed by atoms with Crippen LogP contribution in [0.5, 0.6) is 11.5 Å². The molecule has 2 heterocycles. The molecule has 0 fully saturated rings. The second-order valence-electron chi connectivity index (χ2n) is 6.04. The SMILES string of the molecule is COc1ccccc1OCCCN1CC=C(c2cnn(C)c2)CC1. The highest BCUT2D eigenvalue weighted by molar-refractivity contribution is 5.65. The molecular weight excluding hydrogens is 302 g/mol. The molecule has 1 aromatic carbocycles. The van der Waals surface area contributed by atoms with Gasteiger partial charge in [0, 0.05) is 38.4 Å². The van der Waals surface area contributed by atoms with Crippen molar-refractivity contribution >= 4 is 5.57 Å². The van der Waals surface area contributed by atoms with Crippen LogP contribution in [0.15, 0.2) is 42.7 Å². The number of methoxy groups -OCH3 is 1. The first kappa shape index (κ1) is 16.6. The summed E-state index contributed by atoms with van der Waals surface area (Å²) in [4.78, 5) is 2.46. The van der Waals surface area contributed by atoms with E-state index in [2.05, 4.69) is 22.3 Å². The first-order valence-electron chi connectivity index (χ1n) is 8.42. The summed E-state index contributed by atoms with van der Waals surface area (Å²) in [5.41, 5.74) is 2.65. The van der Waals surface area contributed by atoms with Crippen molar-refractivity contribution in [1.29, 1.82) is 0 Å². The van der Waals surface area contributed by atoms with Gasteiger partial charge in [-0.25, -0.2) is 0 Å². The summed E-state index contributed by atoms with van der Waals surface area (Å²) in [5, 5.41) is 4.25. The van der Waals surface area contributed by atoms with E-state index >= 15 is 0 Å². The Bertz CT molecular complexity index is 693. The van der Waals surface area contributed by atoms with Gasteiger partial charge in [0.15, 0.2) is 11.5 Å². The fourth-order valence-corrected chi connectivity index (χ4v) is 2.97. The summed E-state index contributed by atoms with van der Waals surface area (Å²) >= 11 is 0. The second-order valence-corrected chi connectivity index (χ2v) is 6.04. The van der Waals surface area contributed by atoms with Gasteiger partial charge in [0.2, 0.25) is 0 Å². The summed E-state index contributed by atoms with van der Waals surface area (Å²) in [6.07, 6.45) is 8.44. The molecule has 0 saturated heterocycles. The van der Waals surface area contributed by atoms with Crippen LogP contribution in [0.3, 0.4) is 0 Å². The third-order valence-corrected chi connectivity index (χ3v) is 4.31. The first-order chi connectivity index (χ1) is 11.8. The number of benzene rings is 1. The maximum atomic E-state index is 5.83. The molecule has 5 nitrogen and oxygen atoms in total. The first-order valence-corrected chi connectivity index (χ1v) is 8.42. The van der Waals surface area contributed by atoms with Crippen molar-refractivity contribution in [1.82, 2.24) is 14.7 Å². The molecule has 0 atom stereocenters. The highest BCUT2D eigenvalue weighted by Crippen LogP contribution is 2.26. The van der Waals surface area contributed by atoms with Gasteiger partial charge in [-0.3, -0.25) is 9.58 Å². The van der Waals surface area contributed by atoms with Gasteiger partial charge < -0.3 is 9.47 Å². The molecule has 5 heteroatoms. The van der Waals surface area contributed by atoms with Crippen molar-refractivity contribution in [3.05, 3.63) is 48.3 Å². The van der Waals surface area contributed by atoms with E-state index in [1.54, 1.807) is 7.11 Å². The van der Waals surface area contributed by atoms with Crippen molar-refractivity contribution in [2.75, 3.05) is 33.4 Å². The largest absolute Gasteiger partial charge is 0.493 e. The van der Waals surface area contributed by atoms with Crippen LogP contribution in [-0.4, -0.2) is 48.0 Å². The molecule has 0 saturated carbocycles. The third-order valence-electron chi connectivity index (χ3n) is 4.31. The Hall–Kier alpha value is -2.27. The van der Waals surface area contributed by atoms with Gasteiger partial charge in [0.05, 0.1) is 19.9 Å². The topological polar surface area (TPSA) is 39.5 Å². The number of hydrogen-bond acceptors (Lipinski definition) is 4. The number of aryl methyl sites for hydroxylation is 1. The molecule has 2 aromatic rings. The molecule has 0 spiro atoms. The summed E-state index contributed by atoms with van der Waals surface area (Å²) in [5.74, 6) is 1.61. The molecule has 0 N–H and O–H groups in total. The van der Waals surface area contributed by atoms with E-state index in [1.165, 1.54) is 11.1 Å². The van der Waals surface area contributed by atoms with Gasteiger partial charge in [-0.2, -0.15) is 5.10 Å². The van der Waals surface area contributed by atoms with E-state index in [4.69, 9.17) is 9.47 Å². The average Bonchev–Trinajstić information content (AvgIpc) is 3.06. The van der Waals surface area contributed by atoms with Gasteiger partial charge in [0.25, 0.3) is 0 Å². The Morgan fingerprint density at radius 1 is 1.21 bits per heavy atom. The van der Waals surface area contributed by atoms with Crippen LogP contribution < -0.4 is 9.47 Å². The highest BCUT2D eigenvalue weighted by Gasteiger charge is 2.13. The normalized spacial score (nSPS) is 15.2. The monoisotopic (exact) mass is 327 g/mol. The van der Waals surface area contributed by atoms with Gasteiger partial charge in [-0.1, -0.05) is 18.2 Å². The van der Waals surface area contributed by atoms with Crippen molar-refractivity contribution in [3.63, 3.8) is 0 Å². The van der Waals surface area contributed by atoms with Crippen LogP contribution in [0.25, 0.3) is 5.57 Å². The van der Waals surface area contributed by atoms with E-state index in [0.717, 1.165) is 44.0 Å². The van der Waals surface area contributed by atoms with Gasteiger partial charge in [-0.05, 0) is 30.5 Å². The van der Waals surface area contributed by atoms with Crippen LogP contribution in [-0.2, 0) is 7.05 Å². The second kappa shape index (κ2) is 8.02. The van der Waals surface area contributed by atoms with Crippen LogP contribution in [0.2, 0.25) is 0 Å². The van der Waals surface area contributed by atoms with Crippen LogP contribution in [0.4, 0.5) is 0 Å². The zero-order valence-electron chi connectivity index (χ0n) is 14.4. The molecule has 3 rings (SSSR count). The summed E-state index contributed by atoms with van der Waals surface area (Å²) < 4.78 is 13.0. The summed E-state index contributed by atoms with van der Waals surface area (Å²) in [7, 11) is 3.63. The molecule has 0 bridgehead atoms. The molecule has 0 amide bonds. The minimum atomic E-state index is 0.704. The van der Waals surface area contributed by atoms with Crippen LogP contribution in [0, 0.1) is 0 Å². The van der Waals surface area contributed by atoms with Crippen molar-refractivity contribution in [2.45, 2.75) is 12.8 Å². The third kappa shape index (κ3) is 4.17. The molecule has 1 aliphatic rings. The predicted octanol–water partition coefficient (Wildman–Crippen LogP) is 2.99. The molecule has 1 aromatic heterocycles. The lowest BCUT2D eigenvalue weighted by molar-refractivity contribution is 0.242. The van der Waals surface area contributed by atoms with Gasteiger partial charge >= 0.3 is 0 Å². The number of aromatic nitrogens is 2. The maximum Gasteiger partial charge on any atom is 0.161 e. The van der Waals surface area contributed by atoms with Crippen LogP contribution in [0.1, 0.15) is 18.4 Å². The Labute approximate surface area is 143 Å². The Morgan fingerprint density at radius 2 is 2.04 bits per heavy atom. The average molecular weight is 327 g/mol. The molecule has 0 aliphatic carbocycles. The van der Waals surface area contributed by atoms with E-state index in [1.807, 2.05) is 42.2 Å².